The first kappa shape index (κ1) is 20.7. The molecule has 4 aromatic rings. The molecule has 0 saturated heterocycles. The molecule has 1 aliphatic heterocycles. The van der Waals surface area contributed by atoms with Crippen LogP contribution in [0.15, 0.2) is 48.9 Å². The third kappa shape index (κ3) is 3.66. The number of aromatic nitrogens is 3. The number of halogens is 1. The van der Waals surface area contributed by atoms with Crippen molar-refractivity contribution in [2.45, 2.75) is 19.9 Å². The molecular weight excluding hydrogens is 422 g/mol. The molecular formula is C25H24ClN5O. The molecule has 0 saturated carbocycles. The highest BCUT2D eigenvalue weighted by molar-refractivity contribution is 6.30. The van der Waals surface area contributed by atoms with Crippen molar-refractivity contribution >= 4 is 34.4 Å². The second-order valence-electron chi connectivity index (χ2n) is 8.54. The molecule has 5 rings (SSSR count). The Kier molecular flexibility index (Phi) is 5.19. The van der Waals surface area contributed by atoms with Gasteiger partial charge in [0.25, 0.3) is 5.91 Å². The number of aromatic amines is 1. The van der Waals surface area contributed by atoms with Gasteiger partial charge in [-0.2, -0.15) is 0 Å². The zero-order chi connectivity index (χ0) is 22.4. The quantitative estimate of drug-likeness (QED) is 0.487. The van der Waals surface area contributed by atoms with Gasteiger partial charge in [-0.3, -0.25) is 9.69 Å². The minimum atomic E-state index is -0.0283. The lowest BCUT2D eigenvalue weighted by atomic mass is 9.89. The van der Waals surface area contributed by atoms with Gasteiger partial charge in [0, 0.05) is 53.2 Å². The lowest BCUT2D eigenvalue weighted by molar-refractivity contribution is 0.0978. The van der Waals surface area contributed by atoms with Gasteiger partial charge >= 0.3 is 0 Å². The number of carbonyl (C=O) groups is 1. The number of hydrogen-bond acceptors (Lipinski definition) is 4. The Balaban J connectivity index is 1.61. The summed E-state index contributed by atoms with van der Waals surface area (Å²) in [5.74, 6) is 0.560. The average molecular weight is 446 g/mol. The maximum Gasteiger partial charge on any atom is 0.260 e. The molecule has 7 heteroatoms. The molecule has 162 valence electrons. The molecule has 0 atom stereocenters. The lowest BCUT2D eigenvalue weighted by Gasteiger charge is -2.30. The van der Waals surface area contributed by atoms with Crippen LogP contribution in [0.4, 0.5) is 5.82 Å². The van der Waals surface area contributed by atoms with Crippen LogP contribution in [-0.4, -0.2) is 46.4 Å². The molecule has 32 heavy (non-hydrogen) atoms. The van der Waals surface area contributed by atoms with Gasteiger partial charge in [-0.15, -0.1) is 0 Å². The van der Waals surface area contributed by atoms with Gasteiger partial charge in [-0.1, -0.05) is 17.7 Å². The Bertz CT molecular complexity index is 1340. The van der Waals surface area contributed by atoms with E-state index in [9.17, 15) is 4.79 Å². The first-order valence-corrected chi connectivity index (χ1v) is 11.0. The smallest absolute Gasteiger partial charge is 0.260 e. The van der Waals surface area contributed by atoms with Crippen LogP contribution in [0.2, 0.25) is 5.02 Å². The van der Waals surface area contributed by atoms with E-state index in [1.165, 1.54) is 5.56 Å². The number of H-pyrrole nitrogens is 1. The molecule has 1 aliphatic rings. The van der Waals surface area contributed by atoms with E-state index in [-0.39, 0.29) is 5.91 Å². The molecule has 0 spiro atoms. The molecule has 6 nitrogen and oxygen atoms in total. The first-order chi connectivity index (χ1) is 15.4. The minimum absolute atomic E-state index is 0.0283. The zero-order valence-electron chi connectivity index (χ0n) is 18.3. The topological polar surface area (TPSA) is 65.1 Å². The number of pyridine rings is 2. The Hall–Kier alpha value is -3.22. The summed E-state index contributed by atoms with van der Waals surface area (Å²) in [7, 11) is 4.03. The van der Waals surface area contributed by atoms with Gasteiger partial charge < -0.3 is 9.88 Å². The normalized spacial score (nSPS) is 13.8. The van der Waals surface area contributed by atoms with E-state index in [0.29, 0.717) is 23.9 Å². The van der Waals surface area contributed by atoms with Crippen molar-refractivity contribution in [3.05, 3.63) is 76.2 Å². The maximum absolute atomic E-state index is 13.6. The van der Waals surface area contributed by atoms with Crippen LogP contribution >= 0.6 is 11.6 Å². The molecule has 4 heterocycles. The molecule has 0 aliphatic carbocycles. The van der Waals surface area contributed by atoms with Crippen molar-refractivity contribution in [2.24, 2.45) is 0 Å². The van der Waals surface area contributed by atoms with Crippen LogP contribution in [-0.2, 0) is 13.0 Å². The van der Waals surface area contributed by atoms with Gasteiger partial charge in [0.05, 0.1) is 0 Å². The van der Waals surface area contributed by atoms with Crippen molar-refractivity contribution < 1.29 is 4.79 Å². The number of nitrogens with one attached hydrogen (secondary N) is 1. The number of hydrogen-bond donors (Lipinski definition) is 1. The fourth-order valence-electron chi connectivity index (χ4n) is 4.39. The van der Waals surface area contributed by atoms with E-state index in [4.69, 9.17) is 11.6 Å². The Morgan fingerprint density at radius 3 is 2.78 bits per heavy atom. The lowest BCUT2D eigenvalue weighted by Crippen LogP contribution is -2.39. The van der Waals surface area contributed by atoms with Gasteiger partial charge in [-0.25, -0.2) is 9.97 Å². The van der Waals surface area contributed by atoms with Crippen LogP contribution in [0, 0.1) is 6.92 Å². The van der Waals surface area contributed by atoms with E-state index in [1.54, 1.807) is 23.2 Å². The highest BCUT2D eigenvalue weighted by atomic mass is 35.5. The van der Waals surface area contributed by atoms with E-state index in [0.717, 1.165) is 45.3 Å². The Labute approximate surface area is 191 Å². The van der Waals surface area contributed by atoms with Crippen LogP contribution in [0.3, 0.4) is 0 Å². The summed E-state index contributed by atoms with van der Waals surface area (Å²) < 4.78 is 0. The highest BCUT2D eigenvalue weighted by Gasteiger charge is 2.29. The number of rotatable bonds is 4. The molecule has 1 N–H and O–H groups in total. The second kappa shape index (κ2) is 8.04. The third-order valence-corrected chi connectivity index (χ3v) is 6.14. The molecule has 0 radical (unpaired) electrons. The predicted molar refractivity (Wildman–Crippen MR) is 128 cm³/mol. The van der Waals surface area contributed by atoms with Crippen LogP contribution in [0.5, 0.6) is 0 Å². The largest absolute Gasteiger partial charge is 0.346 e. The molecule has 0 bridgehead atoms. The summed E-state index contributed by atoms with van der Waals surface area (Å²) in [6.07, 6.45) is 6.26. The van der Waals surface area contributed by atoms with Crippen molar-refractivity contribution in [1.82, 2.24) is 19.9 Å². The molecule has 0 fully saturated rings. The SMILES string of the molecule is Cc1c[nH]c2ncc(-c3cc4c(c(CN(C)C)c3)C(=O)N(c3cc(Cl)ccn3)CC4)cc12. The van der Waals surface area contributed by atoms with Gasteiger partial charge in [0.1, 0.15) is 11.5 Å². The molecule has 0 unspecified atom stereocenters. The van der Waals surface area contributed by atoms with Crippen molar-refractivity contribution in [2.75, 3.05) is 25.5 Å². The van der Waals surface area contributed by atoms with E-state index in [1.807, 2.05) is 26.5 Å². The number of nitrogens with zero attached hydrogens (tertiary/aromatic N) is 4. The van der Waals surface area contributed by atoms with E-state index >= 15 is 0 Å². The number of carbonyl (C=O) groups excluding carboxylic acids is 1. The summed E-state index contributed by atoms with van der Waals surface area (Å²) >= 11 is 6.15. The standard InChI is InChI=1S/C25H24ClN5O/c1-15-12-28-24-21(15)10-18(13-29-24)17-8-16-5-7-31(22-11-20(26)4-6-27-22)25(32)23(16)19(9-17)14-30(2)3/h4,6,8-13H,5,7,14H2,1-3H3,(H,28,29). The molecule has 1 amide bonds. The third-order valence-electron chi connectivity index (χ3n) is 5.91. The summed E-state index contributed by atoms with van der Waals surface area (Å²) in [5.41, 5.74) is 7.02. The zero-order valence-corrected chi connectivity index (χ0v) is 19.1. The minimum Gasteiger partial charge on any atom is -0.346 e. The first-order valence-electron chi connectivity index (χ1n) is 10.6. The molecule has 3 aromatic heterocycles. The van der Waals surface area contributed by atoms with Gasteiger partial charge in [0.2, 0.25) is 0 Å². The number of aryl methyl sites for hydroxylation is 1. The van der Waals surface area contributed by atoms with Crippen LogP contribution in [0.1, 0.15) is 27.0 Å². The number of anilines is 1. The van der Waals surface area contributed by atoms with E-state index < -0.39 is 0 Å². The Morgan fingerprint density at radius 1 is 1.16 bits per heavy atom. The fraction of sp³-hybridized carbons (Fsp3) is 0.240. The molecule has 1 aromatic carbocycles. The summed E-state index contributed by atoms with van der Waals surface area (Å²) in [6.45, 7) is 3.31. The van der Waals surface area contributed by atoms with Crippen molar-refractivity contribution in [1.29, 1.82) is 0 Å². The average Bonchev–Trinajstić information content (AvgIpc) is 3.13. The second-order valence-corrected chi connectivity index (χ2v) is 8.97. The van der Waals surface area contributed by atoms with Crippen LogP contribution in [0.25, 0.3) is 22.2 Å². The predicted octanol–water partition coefficient (Wildman–Crippen LogP) is 4.85. The van der Waals surface area contributed by atoms with E-state index in [2.05, 4.69) is 45.0 Å². The van der Waals surface area contributed by atoms with Gasteiger partial charge in [0.15, 0.2) is 0 Å². The maximum atomic E-state index is 13.6. The number of fused-ring (bicyclic) bond motifs is 2. The number of benzene rings is 1. The summed E-state index contributed by atoms with van der Waals surface area (Å²) in [5, 5.41) is 1.68. The number of amides is 1. The van der Waals surface area contributed by atoms with Crippen molar-refractivity contribution in [3.8, 4) is 11.1 Å². The summed E-state index contributed by atoms with van der Waals surface area (Å²) in [4.78, 5) is 29.5. The van der Waals surface area contributed by atoms with Gasteiger partial charge in [-0.05, 0) is 74.0 Å². The highest BCUT2D eigenvalue weighted by Crippen LogP contribution is 2.33. The Morgan fingerprint density at radius 2 is 2.00 bits per heavy atom. The van der Waals surface area contributed by atoms with Crippen molar-refractivity contribution in [3.63, 3.8) is 0 Å². The fourth-order valence-corrected chi connectivity index (χ4v) is 4.55. The monoisotopic (exact) mass is 445 g/mol. The van der Waals surface area contributed by atoms with Crippen LogP contribution < -0.4 is 4.90 Å². The summed E-state index contributed by atoms with van der Waals surface area (Å²) in [6, 6.07) is 9.89.